The van der Waals surface area contributed by atoms with Crippen molar-refractivity contribution in [2.24, 2.45) is 0 Å². The first-order valence-electron chi connectivity index (χ1n) is 4.36. The van der Waals surface area contributed by atoms with E-state index in [0.29, 0.717) is 0 Å². The Morgan fingerprint density at radius 2 is 1.93 bits per heavy atom. The first-order valence-corrected chi connectivity index (χ1v) is 5.84. The third-order valence-electron chi connectivity index (χ3n) is 1.62. The second-order valence-electron chi connectivity index (χ2n) is 2.69. The van der Waals surface area contributed by atoms with Crippen molar-refractivity contribution in [2.45, 2.75) is 4.90 Å². The van der Waals surface area contributed by atoms with Crippen molar-refractivity contribution in [1.29, 1.82) is 0 Å². The summed E-state index contributed by atoms with van der Waals surface area (Å²) in [6.45, 7) is 0.0953. The molecule has 2 N–H and O–H groups in total. The van der Waals surface area contributed by atoms with Gasteiger partial charge in [0.2, 0.25) is 10.0 Å². The molecule has 0 aromatic heterocycles. The molecule has 1 aromatic rings. The van der Waals surface area contributed by atoms with Gasteiger partial charge in [0, 0.05) is 13.1 Å². The van der Waals surface area contributed by atoms with Crippen molar-refractivity contribution < 1.29 is 8.42 Å². The minimum absolute atomic E-state index is 0.0953. The van der Waals surface area contributed by atoms with Crippen LogP contribution in [0.1, 0.15) is 0 Å². The van der Waals surface area contributed by atoms with Gasteiger partial charge < -0.3 is 5.32 Å². The minimum atomic E-state index is -3.42. The van der Waals surface area contributed by atoms with Crippen LogP contribution in [0.25, 0.3) is 0 Å². The van der Waals surface area contributed by atoms with E-state index in [2.05, 4.69) is 22.0 Å². The van der Waals surface area contributed by atoms with E-state index in [0.717, 1.165) is 0 Å². The molecule has 1 rings (SSSR count). The smallest absolute Gasteiger partial charge is 0.241 e. The zero-order valence-corrected chi connectivity index (χ0v) is 9.14. The normalized spacial score (nSPS) is 10.2. The second-order valence-corrected chi connectivity index (χ2v) is 4.46. The quantitative estimate of drug-likeness (QED) is 0.567. The highest BCUT2D eigenvalue weighted by molar-refractivity contribution is 7.89. The first kappa shape index (κ1) is 11.6. The monoisotopic (exact) mass is 224 g/mol. The second kappa shape index (κ2) is 5.39. The highest BCUT2D eigenvalue weighted by atomic mass is 32.2. The molecule has 0 atom stereocenters. The lowest BCUT2D eigenvalue weighted by Gasteiger charge is -2.02. The molecular weight excluding hydrogens is 212 g/mol. The molecule has 0 aliphatic heterocycles. The van der Waals surface area contributed by atoms with Gasteiger partial charge in [-0.05, 0) is 12.1 Å². The molecule has 0 unspecified atom stereocenters. The van der Waals surface area contributed by atoms with Gasteiger partial charge in [-0.2, -0.15) is 4.72 Å². The van der Waals surface area contributed by atoms with Gasteiger partial charge >= 0.3 is 0 Å². The standard InChI is InChI=1S/C10H12N2O2S/c1-11-8-5-9-12-15(13,14)10-6-3-2-4-7-10/h2-4,6-7,11-12H,9H2,1H3. The van der Waals surface area contributed by atoms with E-state index in [-0.39, 0.29) is 11.4 Å². The van der Waals surface area contributed by atoms with E-state index >= 15 is 0 Å². The van der Waals surface area contributed by atoms with Crippen molar-refractivity contribution >= 4 is 10.0 Å². The number of hydrogen-bond acceptors (Lipinski definition) is 3. The van der Waals surface area contributed by atoms with Crippen LogP contribution < -0.4 is 10.0 Å². The van der Waals surface area contributed by atoms with E-state index in [1.54, 1.807) is 25.2 Å². The average Bonchev–Trinajstić information content (AvgIpc) is 2.26. The van der Waals surface area contributed by atoms with Crippen LogP contribution in [0.2, 0.25) is 0 Å². The molecule has 0 spiro atoms. The molecule has 15 heavy (non-hydrogen) atoms. The molecule has 80 valence electrons. The molecule has 0 radical (unpaired) electrons. The summed E-state index contributed by atoms with van der Waals surface area (Å²) in [6, 6.07) is 10.7. The summed E-state index contributed by atoms with van der Waals surface area (Å²) in [7, 11) is -1.76. The summed E-state index contributed by atoms with van der Waals surface area (Å²) in [4.78, 5) is 0.247. The minimum Gasteiger partial charge on any atom is -0.349 e. The number of rotatable bonds is 3. The summed E-state index contributed by atoms with van der Waals surface area (Å²) in [5.41, 5.74) is 0. The molecule has 0 fully saturated rings. The van der Waals surface area contributed by atoms with Crippen LogP contribution in [0.4, 0.5) is 0 Å². The van der Waals surface area contributed by atoms with Crippen molar-refractivity contribution in [3.8, 4) is 12.0 Å². The third-order valence-corrected chi connectivity index (χ3v) is 3.03. The van der Waals surface area contributed by atoms with E-state index < -0.39 is 10.0 Å². The fourth-order valence-corrected chi connectivity index (χ4v) is 1.89. The van der Waals surface area contributed by atoms with Gasteiger partial charge in [0.1, 0.15) is 0 Å². The Hall–Kier alpha value is -1.51. The number of nitrogens with one attached hydrogen (secondary N) is 2. The van der Waals surface area contributed by atoms with Gasteiger partial charge in [-0.25, -0.2) is 8.42 Å². The molecule has 0 heterocycles. The fraction of sp³-hybridized carbons (Fsp3) is 0.200. The molecule has 5 heteroatoms. The zero-order valence-electron chi connectivity index (χ0n) is 8.32. The summed E-state index contributed by atoms with van der Waals surface area (Å²) >= 11 is 0. The Balaban J connectivity index is 2.69. The number of benzene rings is 1. The predicted octanol–water partition coefficient (Wildman–Crippen LogP) is 0.145. The Labute approximate surface area is 89.8 Å². The van der Waals surface area contributed by atoms with Crippen molar-refractivity contribution in [3.63, 3.8) is 0 Å². The van der Waals surface area contributed by atoms with Crippen LogP contribution in [-0.4, -0.2) is 22.0 Å². The summed E-state index contributed by atoms with van der Waals surface area (Å²) in [5, 5.41) is 2.60. The lowest BCUT2D eigenvalue weighted by Crippen LogP contribution is -2.24. The number of sulfonamides is 1. The largest absolute Gasteiger partial charge is 0.349 e. The lowest BCUT2D eigenvalue weighted by molar-refractivity contribution is 0.586. The van der Waals surface area contributed by atoms with Crippen LogP contribution >= 0.6 is 0 Å². The molecular formula is C10H12N2O2S. The number of hydrogen-bond donors (Lipinski definition) is 2. The van der Waals surface area contributed by atoms with Crippen LogP contribution in [-0.2, 0) is 10.0 Å². The summed E-state index contributed by atoms with van der Waals surface area (Å²) in [6.07, 6.45) is 0. The molecule has 4 nitrogen and oxygen atoms in total. The Morgan fingerprint density at radius 3 is 2.53 bits per heavy atom. The fourth-order valence-electron chi connectivity index (χ4n) is 0.947. The average molecular weight is 224 g/mol. The highest BCUT2D eigenvalue weighted by Crippen LogP contribution is 2.05. The molecule has 1 aromatic carbocycles. The zero-order chi connectivity index (χ0) is 11.1. The van der Waals surface area contributed by atoms with Gasteiger partial charge in [0.25, 0.3) is 0 Å². The maximum absolute atomic E-state index is 11.6. The van der Waals surface area contributed by atoms with Gasteiger partial charge in [0.15, 0.2) is 0 Å². The topological polar surface area (TPSA) is 58.2 Å². The van der Waals surface area contributed by atoms with Crippen molar-refractivity contribution in [1.82, 2.24) is 10.0 Å². The van der Waals surface area contributed by atoms with Crippen LogP contribution in [0.5, 0.6) is 0 Å². The van der Waals surface area contributed by atoms with Crippen molar-refractivity contribution in [2.75, 3.05) is 13.6 Å². The molecule has 0 saturated carbocycles. The van der Waals surface area contributed by atoms with Crippen LogP contribution in [0, 0.1) is 12.0 Å². The van der Waals surface area contributed by atoms with Gasteiger partial charge in [-0.1, -0.05) is 24.1 Å². The van der Waals surface area contributed by atoms with E-state index in [1.165, 1.54) is 12.1 Å². The molecule has 0 bridgehead atoms. The molecule has 0 aliphatic carbocycles. The van der Waals surface area contributed by atoms with Crippen LogP contribution in [0.3, 0.4) is 0 Å². The van der Waals surface area contributed by atoms with Gasteiger partial charge in [-0.15, -0.1) is 0 Å². The Kier molecular flexibility index (Phi) is 4.16. The third kappa shape index (κ3) is 3.62. The van der Waals surface area contributed by atoms with E-state index in [1.807, 2.05) is 0 Å². The lowest BCUT2D eigenvalue weighted by atomic mass is 10.4. The maximum atomic E-state index is 11.6. The molecule has 0 saturated heterocycles. The Bertz CT molecular complexity index is 457. The predicted molar refractivity (Wildman–Crippen MR) is 58.5 cm³/mol. The SMILES string of the molecule is CNC#CCNS(=O)(=O)c1ccccc1. The van der Waals surface area contributed by atoms with Crippen LogP contribution in [0.15, 0.2) is 35.2 Å². The summed E-state index contributed by atoms with van der Waals surface area (Å²) < 4.78 is 25.6. The molecule has 0 amide bonds. The van der Waals surface area contributed by atoms with Gasteiger partial charge in [0.05, 0.1) is 11.4 Å². The first-order chi connectivity index (χ1) is 7.17. The Morgan fingerprint density at radius 1 is 1.27 bits per heavy atom. The van der Waals surface area contributed by atoms with E-state index in [4.69, 9.17) is 0 Å². The van der Waals surface area contributed by atoms with E-state index in [9.17, 15) is 8.42 Å². The maximum Gasteiger partial charge on any atom is 0.241 e. The van der Waals surface area contributed by atoms with Crippen molar-refractivity contribution in [3.05, 3.63) is 30.3 Å². The molecule has 0 aliphatic rings. The summed E-state index contributed by atoms with van der Waals surface area (Å²) in [5.74, 6) is 2.61. The van der Waals surface area contributed by atoms with Gasteiger partial charge in [-0.3, -0.25) is 0 Å². The highest BCUT2D eigenvalue weighted by Gasteiger charge is 2.10.